The first kappa shape index (κ1) is 15.1. The van der Waals surface area contributed by atoms with E-state index >= 15 is 0 Å². The lowest BCUT2D eigenvalue weighted by molar-refractivity contribution is -0.121. The van der Waals surface area contributed by atoms with Gasteiger partial charge in [0.15, 0.2) is 0 Å². The van der Waals surface area contributed by atoms with Gasteiger partial charge in [-0.2, -0.15) is 0 Å². The molecule has 0 saturated carbocycles. The van der Waals surface area contributed by atoms with Gasteiger partial charge in [0.05, 0.1) is 5.92 Å². The molecule has 2 aromatic rings. The van der Waals surface area contributed by atoms with E-state index in [-0.39, 0.29) is 17.7 Å². The van der Waals surface area contributed by atoms with E-state index in [4.69, 9.17) is 17.3 Å². The number of primary amides is 1. The van der Waals surface area contributed by atoms with Crippen molar-refractivity contribution in [2.45, 2.75) is 12.5 Å². The van der Waals surface area contributed by atoms with Crippen LogP contribution in [0.3, 0.4) is 0 Å². The van der Waals surface area contributed by atoms with Crippen LogP contribution >= 0.6 is 11.6 Å². The minimum Gasteiger partial charge on any atom is -0.369 e. The average molecular weight is 315 g/mol. The van der Waals surface area contributed by atoms with Crippen LogP contribution in [0.25, 0.3) is 0 Å². The molecule has 2 N–H and O–H groups in total. The normalized spacial score (nSPS) is 21.9. The van der Waals surface area contributed by atoms with Crippen LogP contribution in [-0.4, -0.2) is 23.9 Å². The Labute approximate surface area is 135 Å². The van der Waals surface area contributed by atoms with Gasteiger partial charge in [0.25, 0.3) is 0 Å². The van der Waals surface area contributed by atoms with E-state index in [9.17, 15) is 4.79 Å². The maximum Gasteiger partial charge on any atom is 0.222 e. The first-order chi connectivity index (χ1) is 10.6. The first-order valence-electron chi connectivity index (χ1n) is 7.45. The van der Waals surface area contributed by atoms with Gasteiger partial charge in [-0.3, -0.25) is 9.69 Å². The summed E-state index contributed by atoms with van der Waals surface area (Å²) in [6, 6.07) is 18.0. The molecule has 3 rings (SSSR count). The van der Waals surface area contributed by atoms with Crippen molar-refractivity contribution in [1.29, 1.82) is 0 Å². The number of rotatable bonds is 4. The van der Waals surface area contributed by atoms with Crippen LogP contribution in [0.5, 0.6) is 0 Å². The molecule has 0 spiro atoms. The summed E-state index contributed by atoms with van der Waals surface area (Å²) in [4.78, 5) is 14.1. The third-order valence-corrected chi connectivity index (χ3v) is 4.66. The fraction of sp³-hybridized carbons (Fsp3) is 0.278. The van der Waals surface area contributed by atoms with Crippen molar-refractivity contribution in [2.24, 2.45) is 11.7 Å². The summed E-state index contributed by atoms with van der Waals surface area (Å²) in [6.07, 6.45) is 0. The Morgan fingerprint density at radius 2 is 1.77 bits per heavy atom. The summed E-state index contributed by atoms with van der Waals surface area (Å²) in [5.41, 5.74) is 7.88. The SMILES string of the molecule is NC(=O)C1CN(Cc2ccccc2)CC1c1ccccc1Cl. The van der Waals surface area contributed by atoms with Crippen LogP contribution < -0.4 is 5.73 Å². The molecule has 2 aromatic carbocycles. The summed E-state index contributed by atoms with van der Waals surface area (Å²) >= 11 is 6.31. The van der Waals surface area contributed by atoms with Crippen molar-refractivity contribution in [2.75, 3.05) is 13.1 Å². The Morgan fingerprint density at radius 1 is 1.09 bits per heavy atom. The Balaban J connectivity index is 1.81. The highest BCUT2D eigenvalue weighted by molar-refractivity contribution is 6.31. The number of carbonyl (C=O) groups is 1. The summed E-state index contributed by atoms with van der Waals surface area (Å²) < 4.78 is 0. The fourth-order valence-corrected chi connectivity index (χ4v) is 3.51. The van der Waals surface area contributed by atoms with E-state index in [1.807, 2.05) is 42.5 Å². The van der Waals surface area contributed by atoms with E-state index in [0.29, 0.717) is 11.6 Å². The van der Waals surface area contributed by atoms with Gasteiger partial charge in [0.2, 0.25) is 5.91 Å². The number of carbonyl (C=O) groups excluding carboxylic acids is 1. The molecule has 22 heavy (non-hydrogen) atoms. The molecule has 1 saturated heterocycles. The molecule has 0 radical (unpaired) electrons. The molecule has 0 aromatic heterocycles. The molecule has 1 amide bonds. The molecule has 2 unspecified atom stereocenters. The molecule has 1 aliphatic heterocycles. The summed E-state index contributed by atoms with van der Waals surface area (Å²) in [7, 11) is 0. The number of benzene rings is 2. The monoisotopic (exact) mass is 314 g/mol. The van der Waals surface area contributed by atoms with Gasteiger partial charge < -0.3 is 5.73 Å². The number of nitrogens with two attached hydrogens (primary N) is 1. The minimum atomic E-state index is -0.250. The van der Waals surface area contributed by atoms with Gasteiger partial charge >= 0.3 is 0 Å². The van der Waals surface area contributed by atoms with Crippen molar-refractivity contribution in [1.82, 2.24) is 4.90 Å². The van der Waals surface area contributed by atoms with Crippen LogP contribution in [0.4, 0.5) is 0 Å². The van der Waals surface area contributed by atoms with Crippen molar-refractivity contribution in [3.8, 4) is 0 Å². The Morgan fingerprint density at radius 3 is 2.45 bits per heavy atom. The number of nitrogens with zero attached hydrogens (tertiary/aromatic N) is 1. The number of amides is 1. The predicted octanol–water partition coefficient (Wildman–Crippen LogP) is 3.04. The molecule has 2 atom stereocenters. The topological polar surface area (TPSA) is 46.3 Å². The van der Waals surface area contributed by atoms with Crippen molar-refractivity contribution in [3.63, 3.8) is 0 Å². The molecular formula is C18H19ClN2O. The molecule has 114 valence electrons. The number of halogens is 1. The third-order valence-electron chi connectivity index (χ3n) is 4.31. The zero-order valence-electron chi connectivity index (χ0n) is 12.3. The predicted molar refractivity (Wildman–Crippen MR) is 88.6 cm³/mol. The molecular weight excluding hydrogens is 296 g/mol. The number of likely N-dealkylation sites (tertiary alicyclic amines) is 1. The minimum absolute atomic E-state index is 0.0647. The molecule has 0 aliphatic carbocycles. The first-order valence-corrected chi connectivity index (χ1v) is 7.83. The number of hydrogen-bond acceptors (Lipinski definition) is 2. The van der Waals surface area contributed by atoms with Crippen molar-refractivity contribution >= 4 is 17.5 Å². The van der Waals surface area contributed by atoms with Gasteiger partial charge in [-0.25, -0.2) is 0 Å². The van der Waals surface area contributed by atoms with Crippen LogP contribution in [0, 0.1) is 5.92 Å². The standard InChI is InChI=1S/C18H19ClN2O/c19-17-9-5-4-8-14(17)15-11-21(12-16(15)18(20)22)10-13-6-2-1-3-7-13/h1-9,15-16H,10-12H2,(H2,20,22). The lowest BCUT2D eigenvalue weighted by Gasteiger charge is -2.17. The molecule has 0 bridgehead atoms. The Bertz CT molecular complexity index is 659. The zero-order chi connectivity index (χ0) is 15.5. The van der Waals surface area contributed by atoms with Gasteiger partial charge in [-0.1, -0.05) is 60.1 Å². The summed E-state index contributed by atoms with van der Waals surface area (Å²) in [6.45, 7) is 2.30. The van der Waals surface area contributed by atoms with E-state index in [1.54, 1.807) is 0 Å². The average Bonchev–Trinajstić information content (AvgIpc) is 2.92. The molecule has 3 nitrogen and oxygen atoms in total. The van der Waals surface area contributed by atoms with Crippen LogP contribution in [0.1, 0.15) is 17.0 Å². The lowest BCUT2D eigenvalue weighted by Crippen LogP contribution is -2.29. The molecule has 4 heteroatoms. The van der Waals surface area contributed by atoms with E-state index in [0.717, 1.165) is 18.7 Å². The smallest absolute Gasteiger partial charge is 0.222 e. The maximum atomic E-state index is 11.8. The second kappa shape index (κ2) is 6.51. The number of hydrogen-bond donors (Lipinski definition) is 1. The van der Waals surface area contributed by atoms with Gasteiger partial charge in [0, 0.05) is 30.6 Å². The highest BCUT2D eigenvalue weighted by Crippen LogP contribution is 2.36. The quantitative estimate of drug-likeness (QED) is 0.943. The van der Waals surface area contributed by atoms with Crippen LogP contribution in [-0.2, 0) is 11.3 Å². The fourth-order valence-electron chi connectivity index (χ4n) is 3.24. The Kier molecular flexibility index (Phi) is 4.46. The third kappa shape index (κ3) is 3.16. The van der Waals surface area contributed by atoms with Crippen molar-refractivity contribution in [3.05, 3.63) is 70.7 Å². The van der Waals surface area contributed by atoms with Gasteiger partial charge in [-0.15, -0.1) is 0 Å². The summed E-state index contributed by atoms with van der Waals surface area (Å²) in [5.74, 6) is -0.376. The zero-order valence-corrected chi connectivity index (χ0v) is 13.0. The highest BCUT2D eigenvalue weighted by atomic mass is 35.5. The van der Waals surface area contributed by atoms with E-state index < -0.39 is 0 Å². The Hall–Kier alpha value is -1.84. The second-order valence-corrected chi connectivity index (χ2v) is 6.22. The lowest BCUT2D eigenvalue weighted by atomic mass is 9.88. The van der Waals surface area contributed by atoms with Crippen molar-refractivity contribution < 1.29 is 4.79 Å². The van der Waals surface area contributed by atoms with Crippen LogP contribution in [0.15, 0.2) is 54.6 Å². The highest BCUT2D eigenvalue weighted by Gasteiger charge is 2.38. The van der Waals surface area contributed by atoms with Gasteiger partial charge in [-0.05, 0) is 17.2 Å². The maximum absolute atomic E-state index is 11.8. The van der Waals surface area contributed by atoms with E-state index in [2.05, 4.69) is 17.0 Å². The molecule has 1 heterocycles. The van der Waals surface area contributed by atoms with E-state index in [1.165, 1.54) is 5.56 Å². The van der Waals surface area contributed by atoms with Crippen LogP contribution in [0.2, 0.25) is 5.02 Å². The second-order valence-electron chi connectivity index (χ2n) is 5.82. The van der Waals surface area contributed by atoms with Gasteiger partial charge in [0.1, 0.15) is 0 Å². The summed E-state index contributed by atoms with van der Waals surface area (Å²) in [5, 5.41) is 0.709. The molecule has 1 aliphatic rings. The molecule has 1 fully saturated rings. The largest absolute Gasteiger partial charge is 0.369 e.